The van der Waals surface area contributed by atoms with Gasteiger partial charge in [0.2, 0.25) is 5.89 Å². The quantitative estimate of drug-likeness (QED) is 0.833. The first kappa shape index (κ1) is 17.0. The van der Waals surface area contributed by atoms with E-state index in [4.69, 9.17) is 16.1 Å². The van der Waals surface area contributed by atoms with Crippen molar-refractivity contribution in [2.45, 2.75) is 32.7 Å². The molecule has 1 aliphatic heterocycles. The minimum atomic E-state index is 0.275. The summed E-state index contributed by atoms with van der Waals surface area (Å²) in [6.45, 7) is 4.62. The fraction of sp³-hybridized carbons (Fsp3) is 0.529. The normalized spacial score (nSPS) is 15.7. The van der Waals surface area contributed by atoms with Gasteiger partial charge in [-0.2, -0.15) is 4.98 Å². The van der Waals surface area contributed by atoms with Crippen LogP contribution in [-0.4, -0.2) is 34.9 Å². The second-order valence-corrected chi connectivity index (χ2v) is 6.52. The zero-order chi connectivity index (χ0) is 16.9. The minimum Gasteiger partial charge on any atom is -0.396 e. The largest absolute Gasteiger partial charge is 0.396 e. The Kier molecular flexibility index (Phi) is 5.58. The third-order valence-corrected chi connectivity index (χ3v) is 4.66. The van der Waals surface area contributed by atoms with Crippen molar-refractivity contribution in [1.82, 2.24) is 10.1 Å². The Balaban J connectivity index is 1.71. The number of anilines is 2. The maximum absolute atomic E-state index is 9.30. The first-order valence-electron chi connectivity index (χ1n) is 8.40. The van der Waals surface area contributed by atoms with E-state index in [0.29, 0.717) is 29.2 Å². The molecule has 0 unspecified atom stereocenters. The minimum absolute atomic E-state index is 0.275. The van der Waals surface area contributed by atoms with Crippen molar-refractivity contribution < 1.29 is 9.63 Å². The SMILES string of the molecule is CCc1nc(CNc2cc(Cl)ccc2N2CCC(CO)CC2)no1. The van der Waals surface area contributed by atoms with Crippen LogP contribution in [0.1, 0.15) is 31.5 Å². The van der Waals surface area contributed by atoms with E-state index in [0.717, 1.165) is 43.7 Å². The average Bonchev–Trinajstić information content (AvgIpc) is 3.08. The lowest BCUT2D eigenvalue weighted by atomic mass is 9.97. The lowest BCUT2D eigenvalue weighted by Crippen LogP contribution is -2.35. The number of aliphatic hydroxyl groups is 1. The summed E-state index contributed by atoms with van der Waals surface area (Å²) in [5.74, 6) is 1.69. The molecular weight excluding hydrogens is 328 g/mol. The number of rotatable bonds is 6. The van der Waals surface area contributed by atoms with Gasteiger partial charge in [0, 0.05) is 31.1 Å². The molecule has 6 nitrogen and oxygen atoms in total. The lowest BCUT2D eigenvalue weighted by Gasteiger charge is -2.34. The van der Waals surface area contributed by atoms with Gasteiger partial charge in [-0.25, -0.2) is 0 Å². The van der Waals surface area contributed by atoms with E-state index in [1.165, 1.54) is 0 Å². The molecule has 3 rings (SSSR count). The first-order valence-corrected chi connectivity index (χ1v) is 8.78. The van der Waals surface area contributed by atoms with Gasteiger partial charge >= 0.3 is 0 Å². The van der Waals surface area contributed by atoms with Crippen LogP contribution in [0.25, 0.3) is 0 Å². The molecule has 2 heterocycles. The molecule has 0 amide bonds. The van der Waals surface area contributed by atoms with Crippen LogP contribution in [-0.2, 0) is 13.0 Å². The number of hydrogen-bond donors (Lipinski definition) is 2. The van der Waals surface area contributed by atoms with Crippen molar-refractivity contribution in [2.75, 3.05) is 29.9 Å². The Hall–Kier alpha value is -1.79. The van der Waals surface area contributed by atoms with Crippen molar-refractivity contribution in [2.24, 2.45) is 5.92 Å². The highest BCUT2D eigenvalue weighted by molar-refractivity contribution is 6.31. The standard InChI is InChI=1S/C17H23ClN4O2/c1-2-17-20-16(21-24-17)10-19-14-9-13(18)3-4-15(14)22-7-5-12(11-23)6-8-22/h3-4,9,12,19,23H,2,5-8,10-11H2,1H3. The highest BCUT2D eigenvalue weighted by Crippen LogP contribution is 2.32. The highest BCUT2D eigenvalue weighted by Gasteiger charge is 2.20. The van der Waals surface area contributed by atoms with Gasteiger partial charge < -0.3 is 19.8 Å². The number of hydrogen-bond acceptors (Lipinski definition) is 6. The first-order chi connectivity index (χ1) is 11.7. The number of nitrogens with one attached hydrogen (secondary N) is 1. The predicted molar refractivity (Wildman–Crippen MR) is 94.5 cm³/mol. The molecule has 1 aliphatic rings. The Morgan fingerprint density at radius 1 is 1.38 bits per heavy atom. The number of benzene rings is 1. The number of nitrogens with zero attached hydrogens (tertiary/aromatic N) is 3. The molecule has 0 bridgehead atoms. The van der Waals surface area contributed by atoms with Crippen LogP contribution in [0.3, 0.4) is 0 Å². The fourth-order valence-corrected chi connectivity index (χ4v) is 3.13. The summed E-state index contributed by atoms with van der Waals surface area (Å²) >= 11 is 6.17. The molecule has 2 aromatic rings. The molecule has 1 aromatic carbocycles. The topological polar surface area (TPSA) is 74.4 Å². The van der Waals surface area contributed by atoms with Gasteiger partial charge in [0.05, 0.1) is 17.9 Å². The molecule has 24 heavy (non-hydrogen) atoms. The van der Waals surface area contributed by atoms with Gasteiger partial charge in [-0.3, -0.25) is 0 Å². The number of aliphatic hydroxyl groups excluding tert-OH is 1. The number of halogens is 1. The third-order valence-electron chi connectivity index (χ3n) is 4.42. The van der Waals surface area contributed by atoms with Crippen LogP contribution < -0.4 is 10.2 Å². The van der Waals surface area contributed by atoms with Crippen molar-refractivity contribution >= 4 is 23.0 Å². The summed E-state index contributed by atoms with van der Waals surface area (Å²) in [4.78, 5) is 6.65. The van der Waals surface area contributed by atoms with Crippen LogP contribution in [0.4, 0.5) is 11.4 Å². The van der Waals surface area contributed by atoms with Gasteiger partial charge in [-0.1, -0.05) is 23.7 Å². The zero-order valence-corrected chi connectivity index (χ0v) is 14.6. The lowest BCUT2D eigenvalue weighted by molar-refractivity contribution is 0.203. The Morgan fingerprint density at radius 2 is 2.17 bits per heavy atom. The maximum atomic E-state index is 9.30. The third kappa shape index (κ3) is 3.99. The molecule has 1 aromatic heterocycles. The molecule has 0 atom stereocenters. The smallest absolute Gasteiger partial charge is 0.226 e. The molecule has 0 radical (unpaired) electrons. The maximum Gasteiger partial charge on any atom is 0.226 e. The molecule has 1 saturated heterocycles. The van der Waals surface area contributed by atoms with E-state index in [9.17, 15) is 5.11 Å². The fourth-order valence-electron chi connectivity index (χ4n) is 2.96. The van der Waals surface area contributed by atoms with Crippen LogP contribution in [0.5, 0.6) is 0 Å². The van der Waals surface area contributed by atoms with Crippen molar-refractivity contribution in [3.05, 3.63) is 34.9 Å². The molecule has 0 aliphatic carbocycles. The second-order valence-electron chi connectivity index (χ2n) is 6.09. The summed E-state index contributed by atoms with van der Waals surface area (Å²) in [5.41, 5.74) is 2.09. The average molecular weight is 351 g/mol. The van der Waals surface area contributed by atoms with Gasteiger partial charge in [-0.15, -0.1) is 0 Å². The highest BCUT2D eigenvalue weighted by atomic mass is 35.5. The van der Waals surface area contributed by atoms with E-state index in [-0.39, 0.29) is 6.61 Å². The van der Waals surface area contributed by atoms with Gasteiger partial charge in [0.15, 0.2) is 5.82 Å². The van der Waals surface area contributed by atoms with Gasteiger partial charge in [0.1, 0.15) is 0 Å². The van der Waals surface area contributed by atoms with E-state index < -0.39 is 0 Å². The monoisotopic (exact) mass is 350 g/mol. The van der Waals surface area contributed by atoms with E-state index in [1.54, 1.807) is 0 Å². The Bertz CT molecular complexity index is 668. The van der Waals surface area contributed by atoms with E-state index >= 15 is 0 Å². The zero-order valence-electron chi connectivity index (χ0n) is 13.8. The summed E-state index contributed by atoms with van der Waals surface area (Å²) in [6, 6.07) is 5.87. The summed E-state index contributed by atoms with van der Waals surface area (Å²) in [6.07, 6.45) is 2.74. The van der Waals surface area contributed by atoms with E-state index in [1.807, 2.05) is 25.1 Å². The number of aryl methyl sites for hydroxylation is 1. The predicted octanol–water partition coefficient (Wildman–Crippen LogP) is 3.11. The van der Waals surface area contributed by atoms with Crippen molar-refractivity contribution in [3.8, 4) is 0 Å². The molecule has 0 spiro atoms. The van der Waals surface area contributed by atoms with Crippen molar-refractivity contribution in [3.63, 3.8) is 0 Å². The van der Waals surface area contributed by atoms with E-state index in [2.05, 4.69) is 20.4 Å². The summed E-state index contributed by atoms with van der Waals surface area (Å²) in [7, 11) is 0. The van der Waals surface area contributed by atoms with Crippen LogP contribution >= 0.6 is 11.6 Å². The van der Waals surface area contributed by atoms with Gasteiger partial charge in [-0.05, 0) is 37.0 Å². The summed E-state index contributed by atoms with van der Waals surface area (Å²) in [5, 5.41) is 17.3. The van der Waals surface area contributed by atoms with Crippen molar-refractivity contribution in [1.29, 1.82) is 0 Å². The van der Waals surface area contributed by atoms with Crippen LogP contribution in [0, 0.1) is 5.92 Å². The number of piperidine rings is 1. The number of aromatic nitrogens is 2. The molecule has 130 valence electrons. The van der Waals surface area contributed by atoms with Gasteiger partial charge in [0.25, 0.3) is 0 Å². The van der Waals surface area contributed by atoms with Crippen LogP contribution in [0.15, 0.2) is 22.7 Å². The summed E-state index contributed by atoms with van der Waals surface area (Å²) < 4.78 is 5.14. The Morgan fingerprint density at radius 3 is 2.83 bits per heavy atom. The second kappa shape index (κ2) is 7.85. The molecule has 2 N–H and O–H groups in total. The molecule has 0 saturated carbocycles. The van der Waals surface area contributed by atoms with Crippen LogP contribution in [0.2, 0.25) is 5.02 Å². The molecular formula is C17H23ClN4O2. The molecule has 7 heteroatoms. The molecule has 1 fully saturated rings. The Labute approximate surface area is 146 Å².